The molecule has 3 aromatic carbocycles. The highest BCUT2D eigenvalue weighted by atomic mass is 35.5. The molecule has 1 aliphatic rings. The molecule has 1 N–H and O–H groups in total. The van der Waals surface area contributed by atoms with E-state index in [1.54, 1.807) is 24.3 Å². The number of carbonyl (C=O) groups is 2. The maximum Gasteiger partial charge on any atom is 0.300 e. The van der Waals surface area contributed by atoms with Crippen molar-refractivity contribution in [2.24, 2.45) is 5.92 Å². The number of nitrogens with zero attached hydrogens (tertiary/aromatic N) is 1. The number of amides is 1. The van der Waals surface area contributed by atoms with E-state index in [0.717, 1.165) is 11.1 Å². The van der Waals surface area contributed by atoms with Crippen LogP contribution < -0.4 is 14.4 Å². The summed E-state index contributed by atoms with van der Waals surface area (Å²) in [4.78, 5) is 28.4. The third kappa shape index (κ3) is 5.20. The number of hydrogen-bond acceptors (Lipinski definition) is 5. The summed E-state index contributed by atoms with van der Waals surface area (Å²) in [5.41, 5.74) is 3.06. The number of aliphatic hydroxyl groups excluding tert-OH is 1. The monoisotopic (exact) mass is 519 g/mol. The number of methoxy groups -OCH3 is 1. The van der Waals surface area contributed by atoms with E-state index in [1.165, 1.54) is 12.0 Å². The summed E-state index contributed by atoms with van der Waals surface area (Å²) in [6, 6.07) is 17.1. The van der Waals surface area contributed by atoms with Gasteiger partial charge in [-0.3, -0.25) is 14.5 Å². The van der Waals surface area contributed by atoms with Crippen LogP contribution in [0.3, 0.4) is 0 Å². The highest BCUT2D eigenvalue weighted by Crippen LogP contribution is 2.45. The van der Waals surface area contributed by atoms with E-state index >= 15 is 0 Å². The molecule has 1 saturated heterocycles. The number of hydrogen-bond donors (Lipinski definition) is 1. The lowest BCUT2D eigenvalue weighted by atomic mass is 9.94. The number of anilines is 1. The molecule has 0 saturated carbocycles. The highest BCUT2D eigenvalue weighted by Gasteiger charge is 2.47. The van der Waals surface area contributed by atoms with E-state index in [-0.39, 0.29) is 27.7 Å². The maximum atomic E-state index is 13.5. The Kier molecular flexibility index (Phi) is 7.60. The zero-order valence-electron chi connectivity index (χ0n) is 21.5. The number of aryl methyl sites for hydroxylation is 2. The van der Waals surface area contributed by atoms with Crippen LogP contribution in [0.25, 0.3) is 5.76 Å². The number of ketones is 1. The van der Waals surface area contributed by atoms with Crippen LogP contribution in [0, 0.1) is 19.8 Å². The average molecular weight is 520 g/mol. The van der Waals surface area contributed by atoms with Gasteiger partial charge in [0.15, 0.2) is 0 Å². The Hall–Kier alpha value is -3.77. The van der Waals surface area contributed by atoms with Crippen LogP contribution in [-0.2, 0) is 9.59 Å². The summed E-state index contributed by atoms with van der Waals surface area (Å²) in [6.07, 6.45) is 0. The normalized spacial score (nSPS) is 16.9. The average Bonchev–Trinajstić information content (AvgIpc) is 3.12. The van der Waals surface area contributed by atoms with Gasteiger partial charge in [-0.15, -0.1) is 0 Å². The quantitative estimate of drug-likeness (QED) is 0.215. The maximum absolute atomic E-state index is 13.5. The van der Waals surface area contributed by atoms with Crippen molar-refractivity contribution in [2.45, 2.75) is 33.7 Å². The first-order chi connectivity index (χ1) is 17.6. The Morgan fingerprint density at radius 1 is 1.03 bits per heavy atom. The first-order valence-corrected chi connectivity index (χ1v) is 12.4. The first kappa shape index (κ1) is 26.3. The lowest BCUT2D eigenvalue weighted by Crippen LogP contribution is -2.29. The predicted octanol–water partition coefficient (Wildman–Crippen LogP) is 6.63. The number of halogens is 1. The van der Waals surface area contributed by atoms with Crippen LogP contribution in [0.4, 0.5) is 5.69 Å². The van der Waals surface area contributed by atoms with Gasteiger partial charge in [0.25, 0.3) is 11.7 Å². The molecule has 0 radical (unpaired) electrons. The van der Waals surface area contributed by atoms with Gasteiger partial charge in [0.2, 0.25) is 0 Å². The van der Waals surface area contributed by atoms with Crippen molar-refractivity contribution < 1.29 is 24.2 Å². The van der Waals surface area contributed by atoms with Crippen LogP contribution in [-0.4, -0.2) is 30.5 Å². The Morgan fingerprint density at radius 3 is 2.43 bits per heavy atom. The van der Waals surface area contributed by atoms with Crippen molar-refractivity contribution in [3.05, 3.63) is 93.5 Å². The molecular weight excluding hydrogens is 490 g/mol. The van der Waals surface area contributed by atoms with Gasteiger partial charge in [0, 0.05) is 5.69 Å². The molecule has 0 spiro atoms. The van der Waals surface area contributed by atoms with Crippen molar-refractivity contribution in [2.75, 3.05) is 18.6 Å². The molecule has 3 aromatic rings. The molecule has 37 heavy (non-hydrogen) atoms. The second-order valence-corrected chi connectivity index (χ2v) is 10.0. The van der Waals surface area contributed by atoms with Gasteiger partial charge in [0.05, 0.1) is 35.9 Å². The van der Waals surface area contributed by atoms with E-state index in [9.17, 15) is 14.7 Å². The van der Waals surface area contributed by atoms with Crippen LogP contribution in [0.1, 0.15) is 42.1 Å². The molecule has 1 amide bonds. The van der Waals surface area contributed by atoms with E-state index in [4.69, 9.17) is 21.1 Å². The van der Waals surface area contributed by atoms with E-state index in [1.807, 2.05) is 50.2 Å². The van der Waals surface area contributed by atoms with Crippen LogP contribution >= 0.6 is 11.6 Å². The van der Waals surface area contributed by atoms with Gasteiger partial charge >= 0.3 is 0 Å². The third-order valence-electron chi connectivity index (χ3n) is 6.13. The molecule has 0 aliphatic carbocycles. The van der Waals surface area contributed by atoms with Gasteiger partial charge in [-0.1, -0.05) is 49.7 Å². The lowest BCUT2D eigenvalue weighted by molar-refractivity contribution is -0.132. The van der Waals surface area contributed by atoms with Gasteiger partial charge in [0.1, 0.15) is 17.3 Å². The van der Waals surface area contributed by atoms with Gasteiger partial charge in [-0.25, -0.2) is 0 Å². The topological polar surface area (TPSA) is 76.1 Å². The minimum atomic E-state index is -0.895. The summed E-state index contributed by atoms with van der Waals surface area (Å²) in [7, 11) is 1.44. The van der Waals surface area contributed by atoms with E-state index in [0.29, 0.717) is 29.5 Å². The molecular formula is C30H30ClNO5. The number of rotatable bonds is 7. The van der Waals surface area contributed by atoms with Crippen molar-refractivity contribution in [3.63, 3.8) is 0 Å². The predicted molar refractivity (Wildman–Crippen MR) is 145 cm³/mol. The molecule has 1 aliphatic heterocycles. The second kappa shape index (κ2) is 10.7. The van der Waals surface area contributed by atoms with Crippen molar-refractivity contribution >= 4 is 34.7 Å². The van der Waals surface area contributed by atoms with Crippen molar-refractivity contribution in [1.29, 1.82) is 0 Å². The van der Waals surface area contributed by atoms with Crippen molar-refractivity contribution in [1.82, 2.24) is 0 Å². The number of Topliss-reactive ketones (excluding diaryl/α,β-unsaturated/α-hetero) is 1. The van der Waals surface area contributed by atoms with Gasteiger partial charge in [-0.05, 0) is 72.9 Å². The number of carbonyl (C=O) groups excluding carboxylic acids is 2. The molecule has 1 fully saturated rings. The minimum Gasteiger partial charge on any atom is -0.507 e. The Balaban J connectivity index is 1.97. The molecule has 1 unspecified atom stereocenters. The van der Waals surface area contributed by atoms with Gasteiger partial charge < -0.3 is 14.6 Å². The Morgan fingerprint density at radius 2 is 1.76 bits per heavy atom. The summed E-state index contributed by atoms with van der Waals surface area (Å²) >= 11 is 6.39. The smallest absolute Gasteiger partial charge is 0.300 e. The summed E-state index contributed by atoms with van der Waals surface area (Å²) in [5.74, 6) is -0.730. The highest BCUT2D eigenvalue weighted by molar-refractivity contribution is 6.51. The third-order valence-corrected chi connectivity index (χ3v) is 6.41. The van der Waals surface area contributed by atoms with Crippen LogP contribution in [0.15, 0.2) is 66.2 Å². The number of benzene rings is 3. The SMILES string of the molecule is COc1c(Cl)cc(C)cc1/C(O)=C1\C(=O)C(=O)N(c2cccc(C)c2)C1c1cccc(OCC(C)C)c1. The lowest BCUT2D eigenvalue weighted by Gasteiger charge is -2.26. The molecule has 1 heterocycles. The Labute approximate surface area is 222 Å². The summed E-state index contributed by atoms with van der Waals surface area (Å²) < 4.78 is 11.4. The fraction of sp³-hybridized carbons (Fsp3) is 0.267. The molecule has 6 nitrogen and oxygen atoms in total. The van der Waals surface area contributed by atoms with Gasteiger partial charge in [-0.2, -0.15) is 0 Å². The minimum absolute atomic E-state index is 0.0486. The van der Waals surface area contributed by atoms with E-state index < -0.39 is 17.7 Å². The van der Waals surface area contributed by atoms with Crippen molar-refractivity contribution in [3.8, 4) is 11.5 Å². The largest absolute Gasteiger partial charge is 0.507 e. The number of ether oxygens (including phenoxy) is 2. The second-order valence-electron chi connectivity index (χ2n) is 9.61. The van der Waals surface area contributed by atoms with Crippen LogP contribution in [0.5, 0.6) is 11.5 Å². The standard InChI is InChI=1S/C30H30ClNO5/c1-17(2)16-37-22-11-7-9-20(15-22)26-25(27(33)23-13-19(4)14-24(31)29(23)36-5)28(34)30(35)32(26)21-10-6-8-18(3)12-21/h6-15,17,26,33H,16H2,1-5H3/b27-25+. The molecule has 192 valence electrons. The molecule has 7 heteroatoms. The number of aliphatic hydroxyl groups is 1. The zero-order valence-corrected chi connectivity index (χ0v) is 22.3. The molecule has 0 aromatic heterocycles. The Bertz CT molecular complexity index is 1390. The molecule has 0 bridgehead atoms. The van der Waals surface area contributed by atoms with Crippen LogP contribution in [0.2, 0.25) is 5.02 Å². The fourth-order valence-electron chi connectivity index (χ4n) is 4.49. The fourth-order valence-corrected chi connectivity index (χ4v) is 4.84. The molecule has 1 atom stereocenters. The summed E-state index contributed by atoms with van der Waals surface area (Å²) in [5, 5.41) is 11.9. The first-order valence-electron chi connectivity index (χ1n) is 12.1. The summed E-state index contributed by atoms with van der Waals surface area (Å²) in [6.45, 7) is 8.35. The van der Waals surface area contributed by atoms with E-state index in [2.05, 4.69) is 13.8 Å². The molecule has 4 rings (SSSR count). The zero-order chi connectivity index (χ0) is 26.9.